The van der Waals surface area contributed by atoms with Crippen LogP contribution in [0.1, 0.15) is 0 Å². The van der Waals surface area contributed by atoms with Crippen molar-refractivity contribution in [1.29, 1.82) is 0 Å². The van der Waals surface area contributed by atoms with E-state index < -0.39 is 0 Å². The minimum absolute atomic E-state index is 0.0781. The van der Waals surface area contributed by atoms with E-state index in [-0.39, 0.29) is 18.2 Å². The van der Waals surface area contributed by atoms with E-state index in [1.165, 1.54) is 13.3 Å². The molecule has 0 bridgehead atoms. The molecule has 0 saturated carbocycles. The van der Waals surface area contributed by atoms with Gasteiger partial charge in [-0.1, -0.05) is 0 Å². The van der Waals surface area contributed by atoms with Crippen molar-refractivity contribution in [2.45, 2.75) is 6.54 Å². The van der Waals surface area contributed by atoms with Gasteiger partial charge in [0.2, 0.25) is 12.7 Å². The van der Waals surface area contributed by atoms with Gasteiger partial charge in [-0.15, -0.1) is 0 Å². The van der Waals surface area contributed by atoms with Crippen LogP contribution in [0.4, 0.5) is 5.69 Å². The summed E-state index contributed by atoms with van der Waals surface area (Å²) in [6.45, 7) is 0.0781. The molecule has 0 saturated heterocycles. The maximum absolute atomic E-state index is 12.1. The second-order valence-electron chi connectivity index (χ2n) is 4.35. The van der Waals surface area contributed by atoms with Crippen molar-refractivity contribution >= 4 is 11.6 Å². The minimum Gasteiger partial charge on any atom is -0.503 e. The molecule has 0 spiro atoms. The number of nitrogens with one attached hydrogen (secondary N) is 1. The van der Waals surface area contributed by atoms with Crippen molar-refractivity contribution in [2.75, 3.05) is 19.5 Å². The van der Waals surface area contributed by atoms with Crippen molar-refractivity contribution in [1.82, 2.24) is 0 Å². The van der Waals surface area contributed by atoms with Gasteiger partial charge in [-0.3, -0.25) is 4.79 Å². The fourth-order valence-corrected chi connectivity index (χ4v) is 1.87. The van der Waals surface area contributed by atoms with Gasteiger partial charge in [0.1, 0.15) is 11.5 Å². The highest BCUT2D eigenvalue weighted by Gasteiger charge is 2.13. The highest BCUT2D eigenvalue weighted by molar-refractivity contribution is 5.91. The molecular weight excluding hydrogens is 272 g/mol. The molecule has 0 fully saturated rings. The molecule has 1 aromatic carbocycles. The Kier molecular flexibility index (Phi) is 4.61. The Labute approximate surface area is 122 Å². The third kappa shape index (κ3) is 3.85. The van der Waals surface area contributed by atoms with Crippen LogP contribution in [-0.4, -0.2) is 25.2 Å². The Bertz CT molecular complexity index is 643. The molecule has 1 heterocycles. The van der Waals surface area contributed by atoms with Gasteiger partial charge in [0, 0.05) is 12.1 Å². The van der Waals surface area contributed by atoms with Crippen LogP contribution in [0, 0.1) is 0 Å². The number of rotatable bonds is 5. The molecule has 0 radical (unpaired) electrons. The molecule has 2 rings (SSSR count). The summed E-state index contributed by atoms with van der Waals surface area (Å²) in [7, 11) is 3.08. The smallest absolute Gasteiger partial charge is 0.290 e. The van der Waals surface area contributed by atoms with Gasteiger partial charge < -0.3 is 19.9 Å². The fourth-order valence-electron chi connectivity index (χ4n) is 1.87. The summed E-state index contributed by atoms with van der Waals surface area (Å²) in [6, 6.07) is 8.35. The molecule has 0 aliphatic rings. The first-order chi connectivity index (χ1) is 10.1. The van der Waals surface area contributed by atoms with Crippen LogP contribution in [0.15, 0.2) is 42.7 Å². The van der Waals surface area contributed by atoms with Crippen molar-refractivity contribution in [3.8, 4) is 17.2 Å². The zero-order chi connectivity index (χ0) is 15.2. The second-order valence-corrected chi connectivity index (χ2v) is 4.35. The van der Waals surface area contributed by atoms with E-state index in [4.69, 9.17) is 9.47 Å². The lowest BCUT2D eigenvalue weighted by Gasteiger charge is -2.10. The summed E-state index contributed by atoms with van der Waals surface area (Å²) in [5.41, 5.74) is 0.530. The SMILES string of the molecule is COc1ccc(OC)c(NC(=O)C[n+]2cccc(O)c2)c1. The summed E-state index contributed by atoms with van der Waals surface area (Å²) >= 11 is 0. The Balaban J connectivity index is 2.12. The molecule has 2 aromatic rings. The minimum atomic E-state index is -0.239. The number of aromatic hydroxyl groups is 1. The third-order valence-electron chi connectivity index (χ3n) is 2.85. The largest absolute Gasteiger partial charge is 0.503 e. The molecule has 0 aliphatic carbocycles. The number of benzene rings is 1. The Morgan fingerprint density at radius 1 is 1.29 bits per heavy atom. The average Bonchev–Trinajstić information content (AvgIpc) is 2.47. The number of hydrogen-bond acceptors (Lipinski definition) is 4. The lowest BCUT2D eigenvalue weighted by Crippen LogP contribution is -2.39. The lowest BCUT2D eigenvalue weighted by atomic mass is 10.2. The molecule has 110 valence electrons. The summed E-state index contributed by atoms with van der Waals surface area (Å²) < 4.78 is 11.9. The molecule has 2 N–H and O–H groups in total. The topological polar surface area (TPSA) is 71.7 Å². The van der Waals surface area contributed by atoms with Crippen LogP contribution in [0.25, 0.3) is 0 Å². The van der Waals surface area contributed by atoms with E-state index in [1.54, 1.807) is 48.2 Å². The molecule has 0 unspecified atom stereocenters. The number of anilines is 1. The van der Waals surface area contributed by atoms with Gasteiger partial charge >= 0.3 is 0 Å². The van der Waals surface area contributed by atoms with E-state index in [0.29, 0.717) is 17.2 Å². The molecule has 0 aliphatic heterocycles. The number of methoxy groups -OCH3 is 2. The van der Waals surface area contributed by atoms with Crippen LogP contribution in [0.5, 0.6) is 17.2 Å². The predicted octanol–water partition coefficient (Wildman–Crippen LogP) is 1.34. The van der Waals surface area contributed by atoms with E-state index in [2.05, 4.69) is 5.32 Å². The van der Waals surface area contributed by atoms with Crippen LogP contribution < -0.4 is 19.4 Å². The zero-order valence-electron chi connectivity index (χ0n) is 11.9. The van der Waals surface area contributed by atoms with Gasteiger partial charge in [-0.2, -0.15) is 4.57 Å². The van der Waals surface area contributed by atoms with Crippen molar-refractivity contribution in [2.24, 2.45) is 0 Å². The first kappa shape index (κ1) is 14.6. The summed E-state index contributed by atoms with van der Waals surface area (Å²) in [4.78, 5) is 12.1. The highest BCUT2D eigenvalue weighted by atomic mass is 16.5. The first-order valence-electron chi connectivity index (χ1n) is 6.32. The monoisotopic (exact) mass is 289 g/mol. The first-order valence-corrected chi connectivity index (χ1v) is 6.32. The fraction of sp³-hybridized carbons (Fsp3) is 0.200. The Morgan fingerprint density at radius 3 is 2.76 bits per heavy atom. The van der Waals surface area contributed by atoms with E-state index >= 15 is 0 Å². The standard InChI is InChI=1S/C15H16N2O4/c1-20-12-5-6-14(21-2)13(8-12)16-15(19)10-17-7-3-4-11(18)9-17/h3-9H,10H2,1-2H3,(H-,16,18,19)/p+1. The lowest BCUT2D eigenvalue weighted by molar-refractivity contribution is -0.684. The van der Waals surface area contributed by atoms with Crippen LogP contribution in [-0.2, 0) is 11.3 Å². The van der Waals surface area contributed by atoms with Gasteiger partial charge in [-0.05, 0) is 18.2 Å². The molecule has 6 nitrogen and oxygen atoms in total. The summed E-state index contributed by atoms with van der Waals surface area (Å²) in [5.74, 6) is 1.03. The van der Waals surface area contributed by atoms with Crippen molar-refractivity contribution in [3.63, 3.8) is 0 Å². The van der Waals surface area contributed by atoms with Gasteiger partial charge in [-0.25, -0.2) is 0 Å². The quantitative estimate of drug-likeness (QED) is 0.815. The Morgan fingerprint density at radius 2 is 2.10 bits per heavy atom. The molecule has 0 atom stereocenters. The zero-order valence-corrected chi connectivity index (χ0v) is 11.9. The van der Waals surface area contributed by atoms with E-state index in [0.717, 1.165) is 0 Å². The number of aromatic nitrogens is 1. The van der Waals surface area contributed by atoms with Gasteiger partial charge in [0.25, 0.3) is 5.91 Å². The summed E-state index contributed by atoms with van der Waals surface area (Å²) in [5, 5.41) is 12.1. The highest BCUT2D eigenvalue weighted by Crippen LogP contribution is 2.28. The van der Waals surface area contributed by atoms with E-state index in [1.807, 2.05) is 0 Å². The van der Waals surface area contributed by atoms with Crippen molar-refractivity contribution < 1.29 is 23.9 Å². The Hall–Kier alpha value is -2.76. The van der Waals surface area contributed by atoms with Crippen LogP contribution >= 0.6 is 0 Å². The van der Waals surface area contributed by atoms with Gasteiger partial charge in [0.15, 0.2) is 11.9 Å². The normalized spacial score (nSPS) is 10.0. The van der Waals surface area contributed by atoms with Crippen LogP contribution in [0.2, 0.25) is 0 Å². The van der Waals surface area contributed by atoms with E-state index in [9.17, 15) is 9.90 Å². The third-order valence-corrected chi connectivity index (χ3v) is 2.85. The van der Waals surface area contributed by atoms with Gasteiger partial charge in [0.05, 0.1) is 19.9 Å². The molecule has 1 amide bonds. The summed E-state index contributed by atoms with van der Waals surface area (Å²) in [6.07, 6.45) is 3.17. The molecular formula is C15H17N2O4+. The maximum atomic E-state index is 12.1. The number of carbonyl (C=O) groups excluding carboxylic acids is 1. The molecule has 21 heavy (non-hydrogen) atoms. The second kappa shape index (κ2) is 6.60. The number of nitrogens with zero attached hydrogens (tertiary/aromatic N) is 1. The maximum Gasteiger partial charge on any atom is 0.290 e. The molecule has 6 heteroatoms. The number of hydrogen-bond donors (Lipinski definition) is 2. The number of carbonyl (C=O) groups is 1. The number of pyridine rings is 1. The van der Waals surface area contributed by atoms with Crippen LogP contribution in [0.3, 0.4) is 0 Å². The number of ether oxygens (including phenoxy) is 2. The molecule has 1 aromatic heterocycles. The van der Waals surface area contributed by atoms with Crippen molar-refractivity contribution in [3.05, 3.63) is 42.7 Å². The predicted molar refractivity (Wildman–Crippen MR) is 76.5 cm³/mol. The average molecular weight is 289 g/mol. The number of amides is 1.